The summed E-state index contributed by atoms with van der Waals surface area (Å²) in [7, 11) is 0. The molecule has 0 saturated carbocycles. The molecule has 20 heavy (non-hydrogen) atoms. The minimum Gasteiger partial charge on any atom is -0.338 e. The highest BCUT2D eigenvalue weighted by Crippen LogP contribution is 2.27. The zero-order valence-electron chi connectivity index (χ0n) is 10.9. The first kappa shape index (κ1) is 13.5. The van der Waals surface area contributed by atoms with E-state index in [4.69, 9.17) is 12.2 Å². The van der Waals surface area contributed by atoms with Crippen LogP contribution in [-0.2, 0) is 5.66 Å². The number of halogens is 1. The third-order valence-electron chi connectivity index (χ3n) is 3.33. The monoisotopic (exact) mass is 347 g/mol. The molecule has 1 fully saturated rings. The predicted octanol–water partition coefficient (Wildman–Crippen LogP) is 3.52. The predicted molar refractivity (Wildman–Crippen MR) is 89.3 cm³/mol. The van der Waals surface area contributed by atoms with Gasteiger partial charge in [0, 0.05) is 4.47 Å². The molecule has 0 aromatic heterocycles. The van der Waals surface area contributed by atoms with Gasteiger partial charge in [0.05, 0.1) is 5.69 Å². The van der Waals surface area contributed by atoms with Crippen molar-refractivity contribution < 1.29 is 0 Å². The van der Waals surface area contributed by atoms with Gasteiger partial charge < -0.3 is 5.32 Å². The molecular formula is C15H14BrN3S. The van der Waals surface area contributed by atoms with Crippen molar-refractivity contribution >= 4 is 38.9 Å². The molecule has 0 spiro atoms. The molecule has 2 N–H and O–H groups in total. The van der Waals surface area contributed by atoms with Gasteiger partial charge in [-0.05, 0) is 49.0 Å². The van der Waals surface area contributed by atoms with Crippen LogP contribution in [-0.4, -0.2) is 5.11 Å². The van der Waals surface area contributed by atoms with Gasteiger partial charge in [-0.1, -0.05) is 46.3 Å². The fourth-order valence-electron chi connectivity index (χ4n) is 2.25. The van der Waals surface area contributed by atoms with E-state index in [1.807, 2.05) is 47.5 Å². The van der Waals surface area contributed by atoms with E-state index in [1.165, 1.54) is 0 Å². The van der Waals surface area contributed by atoms with Gasteiger partial charge in [-0.3, -0.25) is 0 Å². The Morgan fingerprint density at radius 1 is 1.05 bits per heavy atom. The molecule has 3 rings (SSSR count). The average molecular weight is 348 g/mol. The Bertz CT molecular complexity index is 629. The molecule has 2 aromatic carbocycles. The van der Waals surface area contributed by atoms with Crippen LogP contribution in [0.1, 0.15) is 12.5 Å². The average Bonchev–Trinajstić information content (AvgIpc) is 2.77. The standard InChI is InChI=1S/C15H14BrN3S/c1-15(11-5-3-2-4-6-11)17-14(20)19(18-15)13-9-7-12(16)8-10-13/h2-10,18H,1H3,(H,17,20). The highest BCUT2D eigenvalue weighted by molar-refractivity contribution is 9.10. The van der Waals surface area contributed by atoms with E-state index in [2.05, 4.69) is 45.7 Å². The third kappa shape index (κ3) is 2.44. The Balaban J connectivity index is 1.90. The van der Waals surface area contributed by atoms with Crippen LogP contribution in [0.2, 0.25) is 0 Å². The largest absolute Gasteiger partial charge is 0.338 e. The molecule has 3 nitrogen and oxygen atoms in total. The second-order valence-corrected chi connectivity index (χ2v) is 6.15. The molecule has 0 aliphatic carbocycles. The molecule has 1 saturated heterocycles. The number of benzene rings is 2. The Hall–Kier alpha value is -1.43. The van der Waals surface area contributed by atoms with Gasteiger partial charge in [0.15, 0.2) is 5.11 Å². The normalized spacial score (nSPS) is 21.9. The molecule has 1 unspecified atom stereocenters. The lowest BCUT2D eigenvalue weighted by molar-refractivity contribution is 0.389. The molecule has 5 heteroatoms. The zero-order chi connectivity index (χ0) is 14.2. The minimum absolute atomic E-state index is 0.397. The molecule has 102 valence electrons. The maximum atomic E-state index is 5.44. The smallest absolute Gasteiger partial charge is 0.190 e. The van der Waals surface area contributed by atoms with E-state index in [-0.39, 0.29) is 0 Å². The van der Waals surface area contributed by atoms with Gasteiger partial charge in [0.1, 0.15) is 5.66 Å². The van der Waals surface area contributed by atoms with E-state index in [1.54, 1.807) is 0 Å². The second kappa shape index (κ2) is 5.16. The summed E-state index contributed by atoms with van der Waals surface area (Å²) in [6.45, 7) is 2.08. The Morgan fingerprint density at radius 2 is 1.70 bits per heavy atom. The number of hydrogen-bond donors (Lipinski definition) is 2. The highest BCUT2D eigenvalue weighted by atomic mass is 79.9. The van der Waals surface area contributed by atoms with Crippen LogP contribution in [0.15, 0.2) is 59.1 Å². The molecule has 1 aliphatic heterocycles. The number of hydrazine groups is 1. The van der Waals surface area contributed by atoms with E-state index in [0.717, 1.165) is 15.7 Å². The summed E-state index contributed by atoms with van der Waals surface area (Å²) in [5.74, 6) is 0. The van der Waals surface area contributed by atoms with Gasteiger partial charge >= 0.3 is 0 Å². The lowest BCUT2D eigenvalue weighted by atomic mass is 10.0. The summed E-state index contributed by atoms with van der Waals surface area (Å²) < 4.78 is 1.05. The van der Waals surface area contributed by atoms with Gasteiger partial charge in [0.2, 0.25) is 0 Å². The molecule has 0 radical (unpaired) electrons. The highest BCUT2D eigenvalue weighted by Gasteiger charge is 2.37. The summed E-state index contributed by atoms with van der Waals surface area (Å²) >= 11 is 8.89. The first-order chi connectivity index (χ1) is 9.58. The van der Waals surface area contributed by atoms with Crippen LogP contribution in [0.4, 0.5) is 5.69 Å². The number of thiocarbonyl (C=S) groups is 1. The molecule has 1 atom stereocenters. The third-order valence-corrected chi connectivity index (χ3v) is 4.14. The maximum absolute atomic E-state index is 5.44. The van der Waals surface area contributed by atoms with Crippen molar-refractivity contribution in [2.24, 2.45) is 0 Å². The van der Waals surface area contributed by atoms with E-state index >= 15 is 0 Å². The summed E-state index contributed by atoms with van der Waals surface area (Å²) in [5.41, 5.74) is 5.18. The molecule has 0 amide bonds. The lowest BCUT2D eigenvalue weighted by Gasteiger charge is -2.26. The summed E-state index contributed by atoms with van der Waals surface area (Å²) in [5, 5.41) is 5.91. The van der Waals surface area contributed by atoms with Crippen molar-refractivity contribution in [3.8, 4) is 0 Å². The summed E-state index contributed by atoms with van der Waals surface area (Å²) in [6, 6.07) is 18.2. The Labute approximate surface area is 132 Å². The number of hydrogen-bond acceptors (Lipinski definition) is 2. The second-order valence-electron chi connectivity index (χ2n) is 4.84. The van der Waals surface area contributed by atoms with Crippen molar-refractivity contribution in [2.45, 2.75) is 12.6 Å². The fourth-order valence-corrected chi connectivity index (χ4v) is 2.87. The first-order valence-electron chi connectivity index (χ1n) is 6.30. The van der Waals surface area contributed by atoms with Crippen molar-refractivity contribution in [3.63, 3.8) is 0 Å². The van der Waals surface area contributed by atoms with E-state index < -0.39 is 5.66 Å². The topological polar surface area (TPSA) is 27.3 Å². The van der Waals surface area contributed by atoms with E-state index in [0.29, 0.717) is 5.11 Å². The number of nitrogens with one attached hydrogen (secondary N) is 2. The Kier molecular flexibility index (Phi) is 3.50. The minimum atomic E-state index is -0.397. The first-order valence-corrected chi connectivity index (χ1v) is 7.50. The molecule has 1 aliphatic rings. The number of rotatable bonds is 2. The van der Waals surface area contributed by atoms with Crippen molar-refractivity contribution in [2.75, 3.05) is 5.01 Å². The van der Waals surface area contributed by atoms with Crippen LogP contribution < -0.4 is 15.8 Å². The number of anilines is 1. The van der Waals surface area contributed by atoms with Crippen LogP contribution in [0.5, 0.6) is 0 Å². The van der Waals surface area contributed by atoms with Gasteiger partial charge in [0.25, 0.3) is 0 Å². The quantitative estimate of drug-likeness (QED) is 0.812. The molecule has 1 heterocycles. The van der Waals surface area contributed by atoms with Crippen molar-refractivity contribution in [3.05, 3.63) is 64.6 Å². The van der Waals surface area contributed by atoms with Crippen molar-refractivity contribution in [1.29, 1.82) is 0 Å². The van der Waals surface area contributed by atoms with Gasteiger partial charge in [-0.25, -0.2) is 5.01 Å². The summed E-state index contributed by atoms with van der Waals surface area (Å²) in [4.78, 5) is 0. The zero-order valence-corrected chi connectivity index (χ0v) is 13.3. The van der Waals surface area contributed by atoms with Gasteiger partial charge in [-0.15, -0.1) is 0 Å². The number of nitrogens with zero attached hydrogens (tertiary/aromatic N) is 1. The molecule has 2 aromatic rings. The van der Waals surface area contributed by atoms with E-state index in [9.17, 15) is 0 Å². The van der Waals surface area contributed by atoms with Crippen LogP contribution >= 0.6 is 28.1 Å². The molecular weight excluding hydrogens is 334 g/mol. The van der Waals surface area contributed by atoms with Crippen LogP contribution in [0.3, 0.4) is 0 Å². The van der Waals surface area contributed by atoms with Crippen LogP contribution in [0, 0.1) is 0 Å². The fraction of sp³-hybridized carbons (Fsp3) is 0.133. The summed E-state index contributed by atoms with van der Waals surface area (Å²) in [6.07, 6.45) is 0. The van der Waals surface area contributed by atoms with Crippen LogP contribution in [0.25, 0.3) is 0 Å². The SMILES string of the molecule is CC1(c2ccccc2)NC(=S)N(c2ccc(Br)cc2)N1. The molecule has 0 bridgehead atoms. The maximum Gasteiger partial charge on any atom is 0.190 e. The van der Waals surface area contributed by atoms with Crippen molar-refractivity contribution in [1.82, 2.24) is 10.7 Å². The Morgan fingerprint density at radius 3 is 2.35 bits per heavy atom. The lowest BCUT2D eigenvalue weighted by Crippen LogP contribution is -2.45. The van der Waals surface area contributed by atoms with Gasteiger partial charge in [-0.2, -0.15) is 5.43 Å².